The van der Waals surface area contributed by atoms with Crippen LogP contribution < -0.4 is 5.32 Å². The number of carbonyl (C=O) groups is 1. The molecule has 3 aromatic rings. The van der Waals surface area contributed by atoms with Gasteiger partial charge in [0.25, 0.3) is 5.91 Å². The van der Waals surface area contributed by atoms with Crippen LogP contribution in [0.1, 0.15) is 21.5 Å². The SMILES string of the molecule is Cc1ccccc1C(=O)NCCc1ccc2ccccc2c1. The molecule has 0 radical (unpaired) electrons. The summed E-state index contributed by atoms with van der Waals surface area (Å²) in [4.78, 5) is 12.2. The maximum absolute atomic E-state index is 12.2. The van der Waals surface area contributed by atoms with Crippen molar-refractivity contribution in [2.75, 3.05) is 6.54 Å². The highest BCUT2D eigenvalue weighted by atomic mass is 16.1. The van der Waals surface area contributed by atoms with Gasteiger partial charge in [0.2, 0.25) is 0 Å². The Balaban J connectivity index is 1.62. The molecule has 0 aliphatic carbocycles. The topological polar surface area (TPSA) is 29.1 Å². The maximum atomic E-state index is 12.2. The van der Waals surface area contributed by atoms with E-state index in [0.717, 1.165) is 17.5 Å². The molecule has 0 saturated heterocycles. The summed E-state index contributed by atoms with van der Waals surface area (Å²) < 4.78 is 0. The normalized spacial score (nSPS) is 10.6. The number of rotatable bonds is 4. The van der Waals surface area contributed by atoms with Crippen LogP contribution in [0, 0.1) is 6.92 Å². The Bertz CT molecular complexity index is 807. The van der Waals surface area contributed by atoms with Crippen LogP contribution in [0.15, 0.2) is 66.7 Å². The fraction of sp³-hybridized carbons (Fsp3) is 0.150. The molecule has 0 aliphatic heterocycles. The Morgan fingerprint density at radius 2 is 1.64 bits per heavy atom. The monoisotopic (exact) mass is 289 g/mol. The fourth-order valence-corrected chi connectivity index (χ4v) is 2.64. The third-order valence-electron chi connectivity index (χ3n) is 3.90. The zero-order valence-corrected chi connectivity index (χ0v) is 12.7. The molecule has 2 nitrogen and oxygen atoms in total. The minimum absolute atomic E-state index is 0.00103. The summed E-state index contributed by atoms with van der Waals surface area (Å²) in [6, 6.07) is 22.4. The van der Waals surface area contributed by atoms with Crippen LogP contribution in [0.3, 0.4) is 0 Å². The van der Waals surface area contributed by atoms with E-state index in [1.54, 1.807) is 0 Å². The van der Waals surface area contributed by atoms with Crippen LogP contribution in [0.25, 0.3) is 10.8 Å². The number of hydrogen-bond donors (Lipinski definition) is 1. The molecule has 1 N–H and O–H groups in total. The highest BCUT2D eigenvalue weighted by Gasteiger charge is 2.07. The van der Waals surface area contributed by atoms with Crippen LogP contribution in [0.4, 0.5) is 0 Å². The quantitative estimate of drug-likeness (QED) is 0.769. The molecule has 1 amide bonds. The molecule has 110 valence electrons. The lowest BCUT2D eigenvalue weighted by Gasteiger charge is -2.08. The van der Waals surface area contributed by atoms with E-state index in [-0.39, 0.29) is 5.91 Å². The second-order valence-electron chi connectivity index (χ2n) is 5.50. The van der Waals surface area contributed by atoms with E-state index in [1.165, 1.54) is 16.3 Å². The number of fused-ring (bicyclic) bond motifs is 1. The van der Waals surface area contributed by atoms with E-state index < -0.39 is 0 Å². The van der Waals surface area contributed by atoms with Crippen molar-refractivity contribution in [2.24, 2.45) is 0 Å². The Kier molecular flexibility index (Phi) is 4.19. The summed E-state index contributed by atoms with van der Waals surface area (Å²) in [6.45, 7) is 2.60. The van der Waals surface area contributed by atoms with Gasteiger partial charge in [-0.25, -0.2) is 0 Å². The molecule has 0 heterocycles. The third-order valence-corrected chi connectivity index (χ3v) is 3.90. The predicted octanol–water partition coefficient (Wildman–Crippen LogP) is 4.12. The highest BCUT2D eigenvalue weighted by Crippen LogP contribution is 2.15. The van der Waals surface area contributed by atoms with Gasteiger partial charge in [-0.1, -0.05) is 60.7 Å². The van der Waals surface area contributed by atoms with Crippen LogP contribution >= 0.6 is 0 Å². The first-order valence-electron chi connectivity index (χ1n) is 7.55. The number of nitrogens with one attached hydrogen (secondary N) is 1. The molecule has 3 aromatic carbocycles. The van der Waals surface area contributed by atoms with E-state index in [1.807, 2.05) is 43.3 Å². The second kappa shape index (κ2) is 6.44. The molecule has 0 spiro atoms. The van der Waals surface area contributed by atoms with Crippen LogP contribution in [-0.2, 0) is 6.42 Å². The molecular weight excluding hydrogens is 270 g/mol. The second-order valence-corrected chi connectivity index (χ2v) is 5.50. The minimum Gasteiger partial charge on any atom is -0.352 e. The molecule has 0 unspecified atom stereocenters. The number of carbonyl (C=O) groups excluding carboxylic acids is 1. The van der Waals surface area contributed by atoms with Crippen molar-refractivity contribution in [1.29, 1.82) is 0 Å². The van der Waals surface area contributed by atoms with Crippen LogP contribution in [0.5, 0.6) is 0 Å². The Morgan fingerprint density at radius 3 is 2.45 bits per heavy atom. The van der Waals surface area contributed by atoms with Crippen molar-refractivity contribution in [3.8, 4) is 0 Å². The van der Waals surface area contributed by atoms with E-state index in [2.05, 4.69) is 35.6 Å². The van der Waals surface area contributed by atoms with Crippen molar-refractivity contribution in [3.05, 3.63) is 83.4 Å². The summed E-state index contributed by atoms with van der Waals surface area (Å²) in [5, 5.41) is 5.48. The zero-order valence-electron chi connectivity index (χ0n) is 12.7. The van der Waals surface area contributed by atoms with Gasteiger partial charge in [-0.15, -0.1) is 0 Å². The van der Waals surface area contributed by atoms with Gasteiger partial charge >= 0.3 is 0 Å². The first kappa shape index (κ1) is 14.3. The molecule has 0 atom stereocenters. The highest BCUT2D eigenvalue weighted by molar-refractivity contribution is 5.95. The summed E-state index contributed by atoms with van der Waals surface area (Å²) in [7, 11) is 0. The molecule has 3 rings (SSSR count). The molecule has 0 bridgehead atoms. The largest absolute Gasteiger partial charge is 0.352 e. The van der Waals surface area contributed by atoms with Crippen molar-refractivity contribution >= 4 is 16.7 Å². The van der Waals surface area contributed by atoms with E-state index in [0.29, 0.717) is 6.54 Å². The van der Waals surface area contributed by atoms with E-state index in [9.17, 15) is 4.79 Å². The summed E-state index contributed by atoms with van der Waals surface area (Å²) in [6.07, 6.45) is 0.836. The van der Waals surface area contributed by atoms with E-state index >= 15 is 0 Å². The van der Waals surface area contributed by atoms with Crippen LogP contribution in [-0.4, -0.2) is 12.5 Å². The van der Waals surface area contributed by atoms with Gasteiger partial charge in [0.1, 0.15) is 0 Å². The van der Waals surface area contributed by atoms with Gasteiger partial charge in [-0.3, -0.25) is 4.79 Å². The first-order chi connectivity index (χ1) is 10.7. The van der Waals surface area contributed by atoms with Gasteiger partial charge in [-0.05, 0) is 41.3 Å². The lowest BCUT2D eigenvalue weighted by atomic mass is 10.0. The van der Waals surface area contributed by atoms with Gasteiger partial charge in [0.15, 0.2) is 0 Å². The summed E-state index contributed by atoms with van der Waals surface area (Å²) >= 11 is 0. The van der Waals surface area contributed by atoms with Gasteiger partial charge < -0.3 is 5.32 Å². The smallest absolute Gasteiger partial charge is 0.251 e. The maximum Gasteiger partial charge on any atom is 0.251 e. The molecule has 22 heavy (non-hydrogen) atoms. The van der Waals surface area contributed by atoms with E-state index in [4.69, 9.17) is 0 Å². The molecule has 0 saturated carbocycles. The molecular formula is C20H19NO. The van der Waals surface area contributed by atoms with Gasteiger partial charge in [0.05, 0.1) is 0 Å². The molecule has 0 fully saturated rings. The summed E-state index contributed by atoms with van der Waals surface area (Å²) in [5.41, 5.74) is 3.00. The zero-order chi connectivity index (χ0) is 15.4. The number of aryl methyl sites for hydroxylation is 1. The van der Waals surface area contributed by atoms with Crippen molar-refractivity contribution in [2.45, 2.75) is 13.3 Å². The average molecular weight is 289 g/mol. The van der Waals surface area contributed by atoms with Gasteiger partial charge in [-0.2, -0.15) is 0 Å². The fourth-order valence-electron chi connectivity index (χ4n) is 2.64. The lowest BCUT2D eigenvalue weighted by molar-refractivity contribution is 0.0953. The molecule has 0 aromatic heterocycles. The number of hydrogen-bond acceptors (Lipinski definition) is 1. The van der Waals surface area contributed by atoms with Crippen molar-refractivity contribution in [1.82, 2.24) is 5.32 Å². The van der Waals surface area contributed by atoms with Crippen molar-refractivity contribution in [3.63, 3.8) is 0 Å². The van der Waals surface area contributed by atoms with Gasteiger partial charge in [0, 0.05) is 12.1 Å². The van der Waals surface area contributed by atoms with Crippen LogP contribution in [0.2, 0.25) is 0 Å². The third kappa shape index (κ3) is 3.17. The predicted molar refractivity (Wildman–Crippen MR) is 91.2 cm³/mol. The summed E-state index contributed by atoms with van der Waals surface area (Å²) in [5.74, 6) is -0.00103. The Labute approximate surface area is 130 Å². The lowest BCUT2D eigenvalue weighted by Crippen LogP contribution is -2.26. The minimum atomic E-state index is -0.00103. The Morgan fingerprint density at radius 1 is 0.909 bits per heavy atom. The molecule has 0 aliphatic rings. The first-order valence-corrected chi connectivity index (χ1v) is 7.55. The Hall–Kier alpha value is -2.61. The average Bonchev–Trinajstić information content (AvgIpc) is 2.55. The number of amides is 1. The standard InChI is InChI=1S/C20H19NO/c1-15-6-2-5-9-19(15)20(22)21-13-12-16-10-11-17-7-3-4-8-18(17)14-16/h2-11,14H,12-13H2,1H3,(H,21,22). The van der Waals surface area contributed by atoms with Crippen molar-refractivity contribution < 1.29 is 4.79 Å². The number of benzene rings is 3. The molecule has 2 heteroatoms.